The number of aromatic nitrogens is 2. The van der Waals surface area contributed by atoms with Crippen LogP contribution in [0.25, 0.3) is 0 Å². The van der Waals surface area contributed by atoms with Gasteiger partial charge in [-0.2, -0.15) is 26.3 Å². The predicted octanol–water partition coefficient (Wildman–Crippen LogP) is 5.74. The Morgan fingerprint density at radius 2 is 1.55 bits per heavy atom. The Morgan fingerprint density at radius 3 is 2.06 bits per heavy atom. The van der Waals surface area contributed by atoms with Gasteiger partial charge in [0.2, 0.25) is 5.88 Å². The molecule has 0 saturated carbocycles. The molecule has 13 heteroatoms. The Bertz CT molecular complexity index is 1140. The number of nitrogens with zero attached hydrogens (tertiary/aromatic N) is 3. The number of hydrazine groups is 1. The van der Waals surface area contributed by atoms with Crippen LogP contribution in [-0.4, -0.2) is 22.9 Å². The molecular formula is C20H13ClF6N4O2. The minimum absolute atomic E-state index is 0.0806. The van der Waals surface area contributed by atoms with Crippen molar-refractivity contribution in [3.8, 4) is 11.6 Å². The summed E-state index contributed by atoms with van der Waals surface area (Å²) in [7, 11) is 1.34. The fourth-order valence-corrected chi connectivity index (χ4v) is 2.80. The number of halogens is 7. The zero-order valence-corrected chi connectivity index (χ0v) is 17.3. The van der Waals surface area contributed by atoms with E-state index in [0.29, 0.717) is 18.5 Å². The molecule has 0 bridgehead atoms. The molecule has 0 fully saturated rings. The average molecular weight is 491 g/mol. The number of hydrogen-bond acceptors (Lipinski definition) is 5. The third kappa shape index (κ3) is 6.04. The molecule has 3 aromatic rings. The zero-order valence-electron chi connectivity index (χ0n) is 16.5. The van der Waals surface area contributed by atoms with Crippen LogP contribution in [0.15, 0.2) is 54.9 Å². The van der Waals surface area contributed by atoms with Gasteiger partial charge in [0.25, 0.3) is 5.91 Å². The molecule has 3 rings (SSSR count). The van der Waals surface area contributed by atoms with Crippen molar-refractivity contribution < 1.29 is 35.9 Å². The second kappa shape index (κ2) is 9.14. The first-order chi connectivity index (χ1) is 15.3. The Kier molecular flexibility index (Phi) is 6.68. The van der Waals surface area contributed by atoms with E-state index in [-0.39, 0.29) is 28.0 Å². The van der Waals surface area contributed by atoms with Crippen LogP contribution in [0.1, 0.15) is 21.5 Å². The van der Waals surface area contributed by atoms with Crippen molar-refractivity contribution in [2.75, 3.05) is 12.1 Å². The number of rotatable bonds is 5. The summed E-state index contributed by atoms with van der Waals surface area (Å²) in [5.41, 5.74) is 0.602. The summed E-state index contributed by atoms with van der Waals surface area (Å²) in [6.45, 7) is 0. The van der Waals surface area contributed by atoms with E-state index in [1.54, 1.807) is 0 Å². The highest BCUT2D eigenvalue weighted by atomic mass is 35.5. The highest BCUT2D eigenvalue weighted by Crippen LogP contribution is 2.33. The first-order valence-corrected chi connectivity index (χ1v) is 9.31. The van der Waals surface area contributed by atoms with Crippen LogP contribution in [0.4, 0.5) is 32.2 Å². The van der Waals surface area contributed by atoms with Gasteiger partial charge in [0, 0.05) is 31.1 Å². The van der Waals surface area contributed by atoms with Crippen molar-refractivity contribution in [2.45, 2.75) is 12.4 Å². The first-order valence-electron chi connectivity index (χ1n) is 8.93. The maximum absolute atomic E-state index is 12.7. The van der Waals surface area contributed by atoms with E-state index in [9.17, 15) is 31.1 Å². The lowest BCUT2D eigenvalue weighted by Crippen LogP contribution is -2.40. The molecule has 1 amide bonds. The molecule has 174 valence electrons. The summed E-state index contributed by atoms with van der Waals surface area (Å²) < 4.78 is 81.2. The van der Waals surface area contributed by atoms with Gasteiger partial charge in [0.1, 0.15) is 5.75 Å². The summed E-state index contributed by atoms with van der Waals surface area (Å²) in [5.74, 6) is -0.608. The molecule has 1 aromatic carbocycles. The fourth-order valence-electron chi connectivity index (χ4n) is 2.51. The lowest BCUT2D eigenvalue weighted by atomic mass is 10.2. The third-order valence-corrected chi connectivity index (χ3v) is 4.42. The maximum Gasteiger partial charge on any atom is 0.417 e. The van der Waals surface area contributed by atoms with E-state index in [0.717, 1.165) is 17.1 Å². The smallest absolute Gasteiger partial charge is 0.417 e. The number of amides is 1. The SMILES string of the molecule is CN(NC(=O)c1ccc(Oc2ccc(C(F)(F)F)cn2)cc1)c1ncc(C(F)(F)F)cc1Cl. The molecule has 6 nitrogen and oxygen atoms in total. The predicted molar refractivity (Wildman–Crippen MR) is 106 cm³/mol. The summed E-state index contributed by atoms with van der Waals surface area (Å²) in [4.78, 5) is 19.6. The molecule has 0 spiro atoms. The molecule has 0 saturated heterocycles. The van der Waals surface area contributed by atoms with E-state index >= 15 is 0 Å². The molecule has 0 aliphatic carbocycles. The van der Waals surface area contributed by atoms with Crippen molar-refractivity contribution >= 4 is 23.3 Å². The van der Waals surface area contributed by atoms with Crippen molar-refractivity contribution in [2.24, 2.45) is 0 Å². The molecule has 0 unspecified atom stereocenters. The highest BCUT2D eigenvalue weighted by molar-refractivity contribution is 6.33. The molecule has 0 radical (unpaired) electrons. The van der Waals surface area contributed by atoms with Crippen LogP contribution < -0.4 is 15.2 Å². The average Bonchev–Trinajstić information content (AvgIpc) is 2.73. The van der Waals surface area contributed by atoms with E-state index < -0.39 is 29.4 Å². The molecule has 2 aromatic heterocycles. The summed E-state index contributed by atoms with van der Waals surface area (Å²) in [6.07, 6.45) is -7.91. The number of pyridine rings is 2. The van der Waals surface area contributed by atoms with Gasteiger partial charge in [-0.05, 0) is 36.4 Å². The van der Waals surface area contributed by atoms with E-state index in [4.69, 9.17) is 16.3 Å². The number of anilines is 1. The Hall–Kier alpha value is -3.54. The van der Waals surface area contributed by atoms with Crippen molar-refractivity contribution in [3.63, 3.8) is 0 Å². The third-order valence-electron chi connectivity index (χ3n) is 4.14. The standard InChI is InChI=1S/C20H13ClF6N4O2/c1-31(17-15(21)8-13(10-29-17)20(25,26)27)30-18(32)11-2-5-14(6-3-11)33-16-7-4-12(9-28-16)19(22,23)24/h2-10H,1H3,(H,30,32). The number of carbonyl (C=O) groups is 1. The fraction of sp³-hybridized carbons (Fsp3) is 0.150. The summed E-state index contributed by atoms with van der Waals surface area (Å²) in [6, 6.07) is 8.07. The van der Waals surface area contributed by atoms with Crippen LogP contribution in [0, 0.1) is 0 Å². The van der Waals surface area contributed by atoms with Crippen LogP contribution in [-0.2, 0) is 12.4 Å². The minimum Gasteiger partial charge on any atom is -0.439 e. The van der Waals surface area contributed by atoms with E-state index in [1.165, 1.54) is 31.3 Å². The topological polar surface area (TPSA) is 67.4 Å². The van der Waals surface area contributed by atoms with Gasteiger partial charge in [-0.3, -0.25) is 15.2 Å². The van der Waals surface area contributed by atoms with Crippen LogP contribution in [0.5, 0.6) is 11.6 Å². The quantitative estimate of drug-likeness (QED) is 0.365. The Labute approximate surface area is 187 Å². The molecule has 0 aliphatic heterocycles. The zero-order chi connectivity index (χ0) is 24.4. The largest absolute Gasteiger partial charge is 0.439 e. The van der Waals surface area contributed by atoms with Gasteiger partial charge >= 0.3 is 12.4 Å². The van der Waals surface area contributed by atoms with Crippen LogP contribution >= 0.6 is 11.6 Å². The van der Waals surface area contributed by atoms with Gasteiger partial charge in [0.15, 0.2) is 5.82 Å². The molecule has 2 heterocycles. The van der Waals surface area contributed by atoms with Gasteiger partial charge in [-0.1, -0.05) is 11.6 Å². The monoisotopic (exact) mass is 490 g/mol. The Balaban J connectivity index is 1.64. The van der Waals surface area contributed by atoms with Crippen molar-refractivity contribution in [3.05, 3.63) is 76.6 Å². The second-order valence-corrected chi connectivity index (χ2v) is 6.94. The number of carbonyl (C=O) groups excluding carboxylic acids is 1. The van der Waals surface area contributed by atoms with Gasteiger partial charge in [0.05, 0.1) is 16.1 Å². The van der Waals surface area contributed by atoms with Gasteiger partial charge in [-0.25, -0.2) is 9.97 Å². The van der Waals surface area contributed by atoms with Crippen molar-refractivity contribution in [1.29, 1.82) is 0 Å². The van der Waals surface area contributed by atoms with Crippen LogP contribution in [0.3, 0.4) is 0 Å². The lowest BCUT2D eigenvalue weighted by molar-refractivity contribution is -0.138. The normalized spacial score (nSPS) is 11.8. The summed E-state index contributed by atoms with van der Waals surface area (Å²) in [5, 5.41) is 0.738. The van der Waals surface area contributed by atoms with Gasteiger partial charge in [-0.15, -0.1) is 0 Å². The Morgan fingerprint density at radius 1 is 0.939 bits per heavy atom. The number of alkyl halides is 6. The highest BCUT2D eigenvalue weighted by Gasteiger charge is 2.32. The second-order valence-electron chi connectivity index (χ2n) is 6.54. The number of nitrogens with one attached hydrogen (secondary N) is 1. The number of ether oxygens (including phenoxy) is 1. The molecular weight excluding hydrogens is 478 g/mol. The van der Waals surface area contributed by atoms with E-state index in [2.05, 4.69) is 15.4 Å². The molecule has 1 N–H and O–H groups in total. The molecule has 33 heavy (non-hydrogen) atoms. The summed E-state index contributed by atoms with van der Waals surface area (Å²) >= 11 is 5.85. The van der Waals surface area contributed by atoms with E-state index in [1.807, 2.05) is 0 Å². The van der Waals surface area contributed by atoms with Crippen molar-refractivity contribution in [1.82, 2.24) is 15.4 Å². The van der Waals surface area contributed by atoms with Gasteiger partial charge < -0.3 is 4.74 Å². The molecule has 0 aliphatic rings. The molecule has 0 atom stereocenters. The number of benzene rings is 1. The first kappa shape index (κ1) is 24.1. The minimum atomic E-state index is -4.61. The van der Waals surface area contributed by atoms with Crippen LogP contribution in [0.2, 0.25) is 5.02 Å². The number of hydrogen-bond donors (Lipinski definition) is 1. The maximum atomic E-state index is 12.7. The lowest BCUT2D eigenvalue weighted by Gasteiger charge is -2.21.